The van der Waals surface area contributed by atoms with E-state index in [-0.39, 0.29) is 12.5 Å². The van der Waals surface area contributed by atoms with Crippen molar-refractivity contribution in [3.8, 4) is 17.2 Å². The van der Waals surface area contributed by atoms with Gasteiger partial charge >= 0.3 is 11.9 Å². The number of carbonyl (C=O) groups is 3. The van der Waals surface area contributed by atoms with E-state index in [4.69, 9.17) is 31.4 Å². The fraction of sp³-hybridized carbons (Fsp3) is 0.321. The molecule has 43 heavy (non-hydrogen) atoms. The standard InChI is InChI=1S/C24H26N8O.C4H6O6/c1-30(23(33)13-26)17-18-3-2-4-19(11-18)20-14-28-24(29-15-20)32-9-7-31(8-10-32)22-6-5-21(12-25)27-16-22;5-1(3(7)8)2(6)4(9)10/h2-6,11,14-16H,7-10,13,17,26H2,1H3;1-2,5-6H,(H,7,8)(H,9,10)/t;1-,2-/m.1/s1. The first-order chi connectivity index (χ1) is 20.5. The van der Waals surface area contributed by atoms with Gasteiger partial charge in [0.2, 0.25) is 11.9 Å². The SMILES string of the molecule is CN(Cc1cccc(-c2cnc(N3CCN(c4ccc(C#N)nc4)CC3)nc2)c1)C(=O)CN.O=C(O)[C@H](O)[C@@H](O)C(=O)O. The van der Waals surface area contributed by atoms with E-state index < -0.39 is 24.1 Å². The number of nitrogens with zero attached hydrogens (tertiary/aromatic N) is 7. The number of amides is 1. The third kappa shape index (κ3) is 8.91. The van der Waals surface area contributed by atoms with Crippen LogP contribution in [0.2, 0.25) is 0 Å². The number of aromatic nitrogens is 3. The van der Waals surface area contributed by atoms with Gasteiger partial charge in [0.15, 0.2) is 12.2 Å². The summed E-state index contributed by atoms with van der Waals surface area (Å²) in [6, 6.07) is 13.7. The average molecular weight is 593 g/mol. The average Bonchev–Trinajstić information content (AvgIpc) is 3.04. The number of nitrogens with two attached hydrogens (primary N) is 1. The topological polar surface area (TPSA) is 230 Å². The van der Waals surface area contributed by atoms with E-state index in [9.17, 15) is 14.4 Å². The van der Waals surface area contributed by atoms with Gasteiger partial charge in [0.1, 0.15) is 11.8 Å². The predicted molar refractivity (Wildman–Crippen MR) is 154 cm³/mol. The molecular weight excluding hydrogens is 560 g/mol. The number of aliphatic hydroxyl groups excluding tert-OH is 2. The monoisotopic (exact) mass is 592 g/mol. The van der Waals surface area contributed by atoms with Gasteiger partial charge in [-0.1, -0.05) is 18.2 Å². The minimum atomic E-state index is -2.27. The summed E-state index contributed by atoms with van der Waals surface area (Å²) in [5.41, 5.74) is 9.84. The van der Waals surface area contributed by atoms with E-state index >= 15 is 0 Å². The number of pyridine rings is 1. The summed E-state index contributed by atoms with van der Waals surface area (Å²) in [5, 5.41) is 41.4. The van der Waals surface area contributed by atoms with Crippen molar-refractivity contribution in [1.82, 2.24) is 19.9 Å². The van der Waals surface area contributed by atoms with Crippen LogP contribution in [-0.2, 0) is 20.9 Å². The third-order valence-corrected chi connectivity index (χ3v) is 6.51. The Balaban J connectivity index is 0.000000436. The van der Waals surface area contributed by atoms with Crippen molar-refractivity contribution in [2.24, 2.45) is 5.73 Å². The van der Waals surface area contributed by atoms with Gasteiger partial charge in [-0.15, -0.1) is 0 Å². The lowest BCUT2D eigenvalue weighted by molar-refractivity contribution is -0.165. The summed E-state index contributed by atoms with van der Waals surface area (Å²) in [6.45, 7) is 3.77. The molecular formula is C28H32N8O7. The van der Waals surface area contributed by atoms with Crippen LogP contribution < -0.4 is 15.5 Å². The molecule has 2 atom stereocenters. The number of aliphatic carboxylic acids is 2. The van der Waals surface area contributed by atoms with E-state index in [1.165, 1.54) is 0 Å². The number of carboxylic acids is 2. The molecule has 0 bridgehead atoms. The fourth-order valence-electron chi connectivity index (χ4n) is 4.07. The second kappa shape index (κ2) is 15.2. The molecule has 1 amide bonds. The zero-order valence-electron chi connectivity index (χ0n) is 23.3. The Kier molecular flexibility index (Phi) is 11.4. The molecule has 1 saturated heterocycles. The number of aliphatic hydroxyl groups is 2. The molecule has 1 aliphatic heterocycles. The molecule has 1 aliphatic rings. The second-order valence-electron chi connectivity index (χ2n) is 9.48. The lowest BCUT2D eigenvalue weighted by Gasteiger charge is -2.35. The number of carboxylic acid groups (broad SMARTS) is 2. The maximum Gasteiger partial charge on any atom is 0.335 e. The molecule has 2 aromatic heterocycles. The van der Waals surface area contributed by atoms with Gasteiger partial charge in [0.25, 0.3) is 0 Å². The molecule has 226 valence electrons. The van der Waals surface area contributed by atoms with Gasteiger partial charge in [-0.05, 0) is 29.3 Å². The van der Waals surface area contributed by atoms with E-state index in [1.54, 1.807) is 24.2 Å². The Bertz CT molecular complexity index is 1420. The van der Waals surface area contributed by atoms with E-state index in [0.717, 1.165) is 48.6 Å². The van der Waals surface area contributed by atoms with Gasteiger partial charge in [0, 0.05) is 57.7 Å². The number of hydrogen-bond acceptors (Lipinski definition) is 12. The van der Waals surface area contributed by atoms with Crippen molar-refractivity contribution in [1.29, 1.82) is 5.26 Å². The first-order valence-electron chi connectivity index (χ1n) is 13.1. The molecule has 0 radical (unpaired) electrons. The van der Waals surface area contributed by atoms with Gasteiger partial charge in [-0.2, -0.15) is 5.26 Å². The maximum atomic E-state index is 11.7. The highest BCUT2D eigenvalue weighted by Gasteiger charge is 2.29. The normalized spacial score (nSPS) is 14.0. The van der Waals surface area contributed by atoms with Crippen molar-refractivity contribution in [2.45, 2.75) is 18.8 Å². The molecule has 0 spiro atoms. The highest BCUT2D eigenvalue weighted by molar-refractivity contribution is 5.83. The Morgan fingerprint density at radius 3 is 2.05 bits per heavy atom. The zero-order valence-corrected chi connectivity index (χ0v) is 23.3. The molecule has 3 aromatic rings. The maximum absolute atomic E-state index is 11.7. The van der Waals surface area contributed by atoms with Crippen molar-refractivity contribution in [2.75, 3.05) is 49.6 Å². The van der Waals surface area contributed by atoms with Crippen LogP contribution in [-0.4, -0.2) is 110 Å². The number of likely N-dealkylation sites (N-methyl/N-ethyl adjacent to an activating group) is 1. The largest absolute Gasteiger partial charge is 0.479 e. The van der Waals surface area contributed by atoms with Crippen LogP contribution in [0.25, 0.3) is 11.1 Å². The van der Waals surface area contributed by atoms with Crippen molar-refractivity contribution < 1.29 is 34.8 Å². The van der Waals surface area contributed by atoms with Crippen LogP contribution in [0, 0.1) is 11.3 Å². The van der Waals surface area contributed by atoms with Gasteiger partial charge in [-0.3, -0.25) is 4.79 Å². The molecule has 4 rings (SSSR count). The van der Waals surface area contributed by atoms with E-state index in [2.05, 4.69) is 24.8 Å². The molecule has 6 N–H and O–H groups in total. The minimum Gasteiger partial charge on any atom is -0.479 e. The lowest BCUT2D eigenvalue weighted by Crippen LogP contribution is -2.47. The highest BCUT2D eigenvalue weighted by atomic mass is 16.4. The minimum absolute atomic E-state index is 0.00408. The van der Waals surface area contributed by atoms with Crippen LogP contribution in [0.5, 0.6) is 0 Å². The molecule has 15 heteroatoms. The Hall–Kier alpha value is -5.17. The van der Waals surface area contributed by atoms with Crippen molar-refractivity contribution in [3.05, 3.63) is 66.2 Å². The van der Waals surface area contributed by atoms with Crippen LogP contribution in [0.4, 0.5) is 11.6 Å². The highest BCUT2D eigenvalue weighted by Crippen LogP contribution is 2.22. The predicted octanol–water partition coefficient (Wildman–Crippen LogP) is -0.469. The van der Waals surface area contributed by atoms with Gasteiger partial charge in [0.05, 0.1) is 18.4 Å². The second-order valence-corrected chi connectivity index (χ2v) is 9.48. The number of rotatable bonds is 9. The third-order valence-electron chi connectivity index (χ3n) is 6.51. The Morgan fingerprint density at radius 2 is 1.53 bits per heavy atom. The number of carbonyl (C=O) groups excluding carboxylic acids is 1. The Labute approximate surface area is 247 Å². The summed E-state index contributed by atoms with van der Waals surface area (Å²) >= 11 is 0. The quantitative estimate of drug-likeness (QED) is 0.212. The Morgan fingerprint density at radius 1 is 0.930 bits per heavy atom. The molecule has 3 heterocycles. The number of anilines is 2. The summed E-state index contributed by atoms with van der Waals surface area (Å²) in [6.07, 6.45) is 0.896. The van der Waals surface area contributed by atoms with Crippen LogP contribution in [0.1, 0.15) is 11.3 Å². The van der Waals surface area contributed by atoms with Crippen LogP contribution >= 0.6 is 0 Å². The summed E-state index contributed by atoms with van der Waals surface area (Å²) < 4.78 is 0. The van der Waals surface area contributed by atoms with E-state index in [1.807, 2.05) is 48.8 Å². The molecule has 0 unspecified atom stereocenters. The zero-order chi connectivity index (χ0) is 31.5. The summed E-state index contributed by atoms with van der Waals surface area (Å²) in [5.74, 6) is -2.92. The van der Waals surface area contributed by atoms with Gasteiger partial charge < -0.3 is 40.9 Å². The summed E-state index contributed by atoms with van der Waals surface area (Å²) in [7, 11) is 1.75. The molecule has 1 aromatic carbocycles. The van der Waals surface area contributed by atoms with Crippen LogP contribution in [0.15, 0.2) is 55.0 Å². The molecule has 0 aliphatic carbocycles. The van der Waals surface area contributed by atoms with Crippen molar-refractivity contribution >= 4 is 29.5 Å². The first kappa shape index (κ1) is 32.3. The summed E-state index contributed by atoms with van der Waals surface area (Å²) in [4.78, 5) is 50.7. The first-order valence-corrected chi connectivity index (χ1v) is 13.1. The molecule has 0 saturated carbocycles. The molecule has 1 fully saturated rings. The van der Waals surface area contributed by atoms with Crippen molar-refractivity contribution in [3.63, 3.8) is 0 Å². The van der Waals surface area contributed by atoms with Gasteiger partial charge in [-0.25, -0.2) is 24.5 Å². The number of piperazine rings is 1. The lowest BCUT2D eigenvalue weighted by atomic mass is 10.1. The fourth-order valence-corrected chi connectivity index (χ4v) is 4.07. The number of hydrogen-bond donors (Lipinski definition) is 5. The number of benzene rings is 1. The smallest absolute Gasteiger partial charge is 0.335 e. The van der Waals surface area contributed by atoms with Crippen LogP contribution in [0.3, 0.4) is 0 Å². The molecule has 15 nitrogen and oxygen atoms in total. The van der Waals surface area contributed by atoms with E-state index in [0.29, 0.717) is 18.2 Å². The number of nitriles is 1.